The second-order valence-corrected chi connectivity index (χ2v) is 5.98. The third-order valence-corrected chi connectivity index (χ3v) is 3.69. The number of benzene rings is 1. The molecule has 0 aliphatic heterocycles. The van der Waals surface area contributed by atoms with Crippen molar-refractivity contribution in [2.24, 2.45) is 5.92 Å². The van der Waals surface area contributed by atoms with Gasteiger partial charge in [-0.15, -0.1) is 0 Å². The minimum Gasteiger partial charge on any atom is -0.380 e. The Kier molecular flexibility index (Phi) is 6.97. The van der Waals surface area contributed by atoms with Gasteiger partial charge in [-0.05, 0) is 31.9 Å². The summed E-state index contributed by atoms with van der Waals surface area (Å²) in [5, 5.41) is 3.45. The molecule has 1 aromatic carbocycles. The maximum Gasteiger partial charge on any atom is 0.129 e. The first-order chi connectivity index (χ1) is 8.95. The highest BCUT2D eigenvalue weighted by molar-refractivity contribution is 9.10. The van der Waals surface area contributed by atoms with Crippen LogP contribution in [0.15, 0.2) is 22.7 Å². The van der Waals surface area contributed by atoms with E-state index in [2.05, 4.69) is 35.1 Å². The predicted molar refractivity (Wildman–Crippen MR) is 80.8 cm³/mol. The molecule has 0 saturated carbocycles. The molecule has 0 amide bonds. The Morgan fingerprint density at radius 1 is 1.32 bits per heavy atom. The van der Waals surface area contributed by atoms with Gasteiger partial charge in [0.2, 0.25) is 0 Å². The van der Waals surface area contributed by atoms with E-state index in [0.717, 1.165) is 4.47 Å². The van der Waals surface area contributed by atoms with Gasteiger partial charge in [-0.1, -0.05) is 35.8 Å². The minimum atomic E-state index is -0.187. The summed E-state index contributed by atoms with van der Waals surface area (Å²) in [4.78, 5) is 0. The predicted octanol–water partition coefficient (Wildman–Crippen LogP) is 4.30. The lowest BCUT2D eigenvalue weighted by Crippen LogP contribution is -2.39. The molecule has 2 nitrogen and oxygen atoms in total. The number of halogens is 2. The number of rotatable bonds is 7. The van der Waals surface area contributed by atoms with Crippen LogP contribution < -0.4 is 5.32 Å². The Morgan fingerprint density at radius 2 is 2.00 bits per heavy atom. The van der Waals surface area contributed by atoms with Crippen molar-refractivity contribution in [1.29, 1.82) is 0 Å². The van der Waals surface area contributed by atoms with Crippen LogP contribution in [-0.2, 0) is 4.74 Å². The maximum absolute atomic E-state index is 13.9. The van der Waals surface area contributed by atoms with Crippen LogP contribution in [0.1, 0.15) is 39.3 Å². The van der Waals surface area contributed by atoms with E-state index in [1.165, 1.54) is 6.07 Å². The van der Waals surface area contributed by atoms with Crippen molar-refractivity contribution in [3.63, 3.8) is 0 Å². The first-order valence-electron chi connectivity index (χ1n) is 6.74. The first-order valence-corrected chi connectivity index (χ1v) is 7.53. The van der Waals surface area contributed by atoms with Gasteiger partial charge < -0.3 is 10.1 Å². The van der Waals surface area contributed by atoms with Crippen molar-refractivity contribution in [1.82, 2.24) is 5.32 Å². The van der Waals surface area contributed by atoms with E-state index in [-0.39, 0.29) is 17.9 Å². The van der Waals surface area contributed by atoms with Crippen molar-refractivity contribution in [2.75, 3.05) is 13.2 Å². The third-order valence-electron chi connectivity index (χ3n) is 3.20. The Bertz CT molecular complexity index is 398. The van der Waals surface area contributed by atoms with Gasteiger partial charge in [0.25, 0.3) is 0 Å². The molecular formula is C15H23BrFNO. The monoisotopic (exact) mass is 331 g/mol. The Labute approximate surface area is 123 Å². The maximum atomic E-state index is 13.9. The summed E-state index contributed by atoms with van der Waals surface area (Å²) in [6.07, 6.45) is 0. The summed E-state index contributed by atoms with van der Waals surface area (Å²) in [6, 6.07) is 5.36. The van der Waals surface area contributed by atoms with Crippen LogP contribution >= 0.6 is 15.9 Å². The highest BCUT2D eigenvalue weighted by Gasteiger charge is 2.18. The molecule has 0 saturated heterocycles. The van der Waals surface area contributed by atoms with Crippen molar-refractivity contribution in [2.45, 2.75) is 39.8 Å². The van der Waals surface area contributed by atoms with Gasteiger partial charge in [0.15, 0.2) is 0 Å². The Hall–Kier alpha value is -0.450. The summed E-state index contributed by atoms with van der Waals surface area (Å²) in [5.74, 6) is 0.251. The molecule has 1 rings (SSSR count). The van der Waals surface area contributed by atoms with Crippen molar-refractivity contribution < 1.29 is 9.13 Å². The van der Waals surface area contributed by atoms with Crippen molar-refractivity contribution in [3.05, 3.63) is 34.1 Å². The van der Waals surface area contributed by atoms with E-state index in [4.69, 9.17) is 4.74 Å². The molecule has 0 heterocycles. The zero-order chi connectivity index (χ0) is 14.4. The number of nitrogens with one attached hydrogen (secondary N) is 1. The van der Waals surface area contributed by atoms with Crippen LogP contribution in [0.3, 0.4) is 0 Å². The summed E-state index contributed by atoms with van der Waals surface area (Å²) < 4.78 is 20.1. The molecule has 0 spiro atoms. The molecule has 0 aromatic heterocycles. The van der Waals surface area contributed by atoms with E-state index < -0.39 is 0 Å². The second kappa shape index (κ2) is 7.98. The van der Waals surface area contributed by atoms with Gasteiger partial charge in [0.05, 0.1) is 6.61 Å². The van der Waals surface area contributed by atoms with Gasteiger partial charge in [0, 0.05) is 28.7 Å². The standard InChI is InChI=1S/C15H23BrFNO/c1-5-19-9-15(10(2)3)18-11(4)13-7-6-12(16)8-14(13)17/h6-8,10-11,15,18H,5,9H2,1-4H3. The molecule has 1 N–H and O–H groups in total. The number of hydrogen-bond acceptors (Lipinski definition) is 2. The summed E-state index contributed by atoms with van der Waals surface area (Å²) in [6.45, 7) is 9.59. The molecule has 0 aliphatic carbocycles. The SMILES string of the molecule is CCOCC(NC(C)c1ccc(Br)cc1F)C(C)C. The fourth-order valence-electron chi connectivity index (χ4n) is 1.94. The number of ether oxygens (including phenoxy) is 1. The fourth-order valence-corrected chi connectivity index (χ4v) is 2.27. The topological polar surface area (TPSA) is 21.3 Å². The normalized spacial score (nSPS) is 14.7. The van der Waals surface area contributed by atoms with E-state index in [0.29, 0.717) is 24.7 Å². The summed E-state index contributed by atoms with van der Waals surface area (Å²) >= 11 is 3.27. The molecule has 2 unspecified atom stereocenters. The van der Waals surface area contributed by atoms with E-state index in [1.54, 1.807) is 0 Å². The van der Waals surface area contributed by atoms with Crippen molar-refractivity contribution >= 4 is 15.9 Å². The second-order valence-electron chi connectivity index (χ2n) is 5.06. The van der Waals surface area contributed by atoms with E-state index in [9.17, 15) is 4.39 Å². The van der Waals surface area contributed by atoms with E-state index >= 15 is 0 Å². The van der Waals surface area contributed by atoms with Gasteiger partial charge in [-0.2, -0.15) is 0 Å². The molecule has 0 bridgehead atoms. The Balaban J connectivity index is 2.72. The van der Waals surface area contributed by atoms with Crippen molar-refractivity contribution in [3.8, 4) is 0 Å². The average molecular weight is 332 g/mol. The zero-order valence-electron chi connectivity index (χ0n) is 12.0. The largest absolute Gasteiger partial charge is 0.380 e. The number of hydrogen-bond donors (Lipinski definition) is 1. The van der Waals surface area contributed by atoms with Gasteiger partial charge in [-0.3, -0.25) is 0 Å². The molecular weight excluding hydrogens is 309 g/mol. The highest BCUT2D eigenvalue weighted by atomic mass is 79.9. The molecule has 1 aromatic rings. The molecule has 2 atom stereocenters. The highest BCUT2D eigenvalue weighted by Crippen LogP contribution is 2.22. The van der Waals surface area contributed by atoms with Crippen LogP contribution in [0.2, 0.25) is 0 Å². The fraction of sp³-hybridized carbons (Fsp3) is 0.600. The Morgan fingerprint density at radius 3 is 2.53 bits per heavy atom. The summed E-state index contributed by atoms with van der Waals surface area (Å²) in [5.41, 5.74) is 0.686. The van der Waals surface area contributed by atoms with E-state index in [1.807, 2.05) is 26.0 Å². The van der Waals surface area contributed by atoms with Crippen LogP contribution in [0.4, 0.5) is 4.39 Å². The molecule has 108 valence electrons. The molecule has 4 heteroatoms. The lowest BCUT2D eigenvalue weighted by atomic mass is 10.0. The van der Waals surface area contributed by atoms with Gasteiger partial charge >= 0.3 is 0 Å². The molecule has 19 heavy (non-hydrogen) atoms. The smallest absolute Gasteiger partial charge is 0.129 e. The zero-order valence-corrected chi connectivity index (χ0v) is 13.6. The van der Waals surface area contributed by atoms with Crippen LogP contribution in [0.5, 0.6) is 0 Å². The van der Waals surface area contributed by atoms with Crippen LogP contribution in [0.25, 0.3) is 0 Å². The van der Waals surface area contributed by atoms with Crippen LogP contribution in [0, 0.1) is 11.7 Å². The molecule has 0 radical (unpaired) electrons. The average Bonchev–Trinajstić information content (AvgIpc) is 2.33. The third kappa shape index (κ3) is 5.21. The molecule has 0 fully saturated rings. The van der Waals surface area contributed by atoms with Crippen LogP contribution in [-0.4, -0.2) is 19.3 Å². The minimum absolute atomic E-state index is 0.0408. The van der Waals surface area contributed by atoms with Gasteiger partial charge in [-0.25, -0.2) is 4.39 Å². The first kappa shape index (κ1) is 16.6. The lowest BCUT2D eigenvalue weighted by Gasteiger charge is -2.26. The lowest BCUT2D eigenvalue weighted by molar-refractivity contribution is 0.104. The summed E-state index contributed by atoms with van der Waals surface area (Å²) in [7, 11) is 0. The molecule has 0 aliphatic rings. The van der Waals surface area contributed by atoms with Gasteiger partial charge in [0.1, 0.15) is 5.82 Å². The quantitative estimate of drug-likeness (QED) is 0.804.